The van der Waals surface area contributed by atoms with E-state index in [1.807, 2.05) is 0 Å². The summed E-state index contributed by atoms with van der Waals surface area (Å²) in [7, 11) is 0. The Hall–Kier alpha value is -5.32. The lowest BCUT2D eigenvalue weighted by Crippen LogP contribution is -2.22. The normalized spacial score (nSPS) is 11.1. The van der Waals surface area contributed by atoms with E-state index in [0.29, 0.717) is 39.2 Å². The maximum atomic E-state index is 12.7. The number of nitrogens with one attached hydrogen (secondary N) is 2. The molecule has 0 spiro atoms. The van der Waals surface area contributed by atoms with Crippen LogP contribution in [-0.4, -0.2) is 27.5 Å². The molecule has 36 heavy (non-hydrogen) atoms. The van der Waals surface area contributed by atoms with Gasteiger partial charge in [0.1, 0.15) is 0 Å². The molecule has 0 aliphatic heterocycles. The zero-order chi connectivity index (χ0) is 25.7. The van der Waals surface area contributed by atoms with E-state index in [-0.39, 0.29) is 17.6 Å². The molecule has 0 aliphatic rings. The quantitative estimate of drug-likeness (QED) is 0.132. The van der Waals surface area contributed by atoms with Crippen LogP contribution in [-0.2, 0) is 0 Å². The van der Waals surface area contributed by atoms with Crippen LogP contribution in [0.5, 0.6) is 0 Å². The number of hydrogen-bond acceptors (Lipinski definition) is 7. The van der Waals surface area contributed by atoms with Crippen molar-refractivity contribution in [3.8, 4) is 0 Å². The van der Waals surface area contributed by atoms with E-state index in [1.165, 1.54) is 12.1 Å². The van der Waals surface area contributed by atoms with Gasteiger partial charge in [0.15, 0.2) is 0 Å². The first kappa shape index (κ1) is 23.8. The molecule has 180 valence electrons. The van der Waals surface area contributed by atoms with Gasteiger partial charge in [0.05, 0.1) is 16.2 Å². The van der Waals surface area contributed by atoms with E-state index in [0.717, 1.165) is 5.56 Å². The number of guanidine groups is 1. The van der Waals surface area contributed by atoms with E-state index in [9.17, 15) is 14.9 Å². The van der Waals surface area contributed by atoms with Crippen LogP contribution in [0.2, 0.25) is 0 Å². The van der Waals surface area contributed by atoms with Crippen LogP contribution < -0.4 is 22.1 Å². The fourth-order valence-electron chi connectivity index (χ4n) is 3.41. The molecule has 11 nitrogen and oxygen atoms in total. The number of amides is 1. The number of carbonyl (C=O) groups excluding carboxylic acids is 1. The van der Waals surface area contributed by atoms with Crippen molar-refractivity contribution < 1.29 is 9.72 Å². The molecule has 0 aliphatic carbocycles. The van der Waals surface area contributed by atoms with Crippen LogP contribution in [0, 0.1) is 10.1 Å². The fraction of sp³-hybridized carbons (Fsp3) is 0.0400. The first-order chi connectivity index (χ1) is 17.3. The summed E-state index contributed by atoms with van der Waals surface area (Å²) < 4.78 is 0. The molecule has 11 heteroatoms. The topological polar surface area (TPSA) is 174 Å². The monoisotopic (exact) mass is 482 g/mol. The van der Waals surface area contributed by atoms with E-state index in [2.05, 4.69) is 25.8 Å². The SMILES string of the molecule is CC(=NN=C(N)N)c1ccc(NC(=O)c2ccc(Nc3ccnc4ccc([N+](=O)[O-])cc34)cc2)cc1. The summed E-state index contributed by atoms with van der Waals surface area (Å²) in [5.74, 6) is -0.400. The van der Waals surface area contributed by atoms with Gasteiger partial charge in [-0.3, -0.25) is 19.9 Å². The standard InChI is InChI=1S/C25H22N8O3/c1-15(31-32-25(26)27)16-2-6-19(7-3-16)30-24(34)17-4-8-18(9-5-17)29-23-12-13-28-22-11-10-20(33(35)36)14-21(22)23/h2-14H,1H3,(H,28,29)(H,30,34)(H4,26,27,32). The number of fused-ring (bicyclic) bond motifs is 1. The fourth-order valence-corrected chi connectivity index (χ4v) is 3.41. The van der Waals surface area contributed by atoms with E-state index < -0.39 is 4.92 Å². The van der Waals surface area contributed by atoms with Gasteiger partial charge in [-0.05, 0) is 61.0 Å². The van der Waals surface area contributed by atoms with Crippen molar-refractivity contribution in [2.45, 2.75) is 6.92 Å². The minimum Gasteiger partial charge on any atom is -0.369 e. The van der Waals surface area contributed by atoms with Crippen molar-refractivity contribution in [3.05, 3.63) is 100 Å². The van der Waals surface area contributed by atoms with Gasteiger partial charge >= 0.3 is 0 Å². The smallest absolute Gasteiger partial charge is 0.270 e. The predicted molar refractivity (Wildman–Crippen MR) is 141 cm³/mol. The number of aromatic nitrogens is 1. The Bertz CT molecular complexity index is 1490. The molecule has 6 N–H and O–H groups in total. The van der Waals surface area contributed by atoms with E-state index >= 15 is 0 Å². The summed E-state index contributed by atoms with van der Waals surface area (Å²) in [6.07, 6.45) is 1.62. The highest BCUT2D eigenvalue weighted by Gasteiger charge is 2.11. The zero-order valence-corrected chi connectivity index (χ0v) is 19.2. The van der Waals surface area contributed by atoms with Crippen molar-refractivity contribution in [3.63, 3.8) is 0 Å². The number of nitro groups is 1. The second kappa shape index (κ2) is 10.3. The molecule has 4 aromatic rings. The number of anilines is 3. The van der Waals surface area contributed by atoms with Crippen molar-refractivity contribution in [2.75, 3.05) is 10.6 Å². The van der Waals surface area contributed by atoms with Crippen LogP contribution in [0.4, 0.5) is 22.7 Å². The van der Waals surface area contributed by atoms with Gasteiger partial charge in [0.2, 0.25) is 5.96 Å². The molecule has 0 unspecified atom stereocenters. The molecule has 4 rings (SSSR count). The third-order valence-corrected chi connectivity index (χ3v) is 5.24. The molecular weight excluding hydrogens is 460 g/mol. The lowest BCUT2D eigenvalue weighted by Gasteiger charge is -2.11. The Balaban J connectivity index is 1.45. The van der Waals surface area contributed by atoms with Crippen molar-refractivity contribution >= 4 is 51.2 Å². The molecule has 1 heterocycles. The average molecular weight is 483 g/mol. The highest BCUT2D eigenvalue weighted by atomic mass is 16.6. The number of non-ortho nitro benzene ring substituents is 1. The minimum atomic E-state index is -0.446. The first-order valence-corrected chi connectivity index (χ1v) is 10.8. The van der Waals surface area contributed by atoms with Crippen molar-refractivity contribution in [1.82, 2.24) is 4.98 Å². The van der Waals surface area contributed by atoms with Crippen LogP contribution >= 0.6 is 0 Å². The Morgan fingerprint density at radius 1 is 0.917 bits per heavy atom. The minimum absolute atomic E-state index is 0.0187. The molecule has 0 fully saturated rings. The van der Waals surface area contributed by atoms with E-state index in [1.54, 1.807) is 73.8 Å². The number of pyridine rings is 1. The number of nitrogens with zero attached hydrogens (tertiary/aromatic N) is 4. The summed E-state index contributed by atoms with van der Waals surface area (Å²) in [6.45, 7) is 1.77. The largest absolute Gasteiger partial charge is 0.369 e. The molecule has 1 amide bonds. The number of carbonyl (C=O) groups is 1. The first-order valence-electron chi connectivity index (χ1n) is 10.8. The van der Waals surface area contributed by atoms with Gasteiger partial charge in [-0.1, -0.05) is 12.1 Å². The van der Waals surface area contributed by atoms with Gasteiger partial charge in [-0.25, -0.2) is 0 Å². The lowest BCUT2D eigenvalue weighted by molar-refractivity contribution is -0.384. The molecule has 0 bridgehead atoms. The second-order valence-electron chi connectivity index (χ2n) is 7.76. The summed E-state index contributed by atoms with van der Waals surface area (Å²) in [4.78, 5) is 27.6. The van der Waals surface area contributed by atoms with Crippen LogP contribution in [0.1, 0.15) is 22.8 Å². The zero-order valence-electron chi connectivity index (χ0n) is 19.2. The summed E-state index contributed by atoms with van der Waals surface area (Å²) >= 11 is 0. The third kappa shape index (κ3) is 5.59. The molecule has 1 aromatic heterocycles. The van der Waals surface area contributed by atoms with Gasteiger partial charge in [-0.15, -0.1) is 5.10 Å². The maximum Gasteiger partial charge on any atom is 0.270 e. The molecule has 0 atom stereocenters. The Morgan fingerprint density at radius 2 is 1.58 bits per heavy atom. The molecule has 0 radical (unpaired) electrons. The summed E-state index contributed by atoms with van der Waals surface area (Å²) in [5.41, 5.74) is 15.1. The maximum absolute atomic E-state index is 12.7. The highest BCUT2D eigenvalue weighted by molar-refractivity contribution is 6.05. The van der Waals surface area contributed by atoms with Gasteiger partial charge < -0.3 is 22.1 Å². The summed E-state index contributed by atoms with van der Waals surface area (Å²) in [5, 5.41) is 25.4. The van der Waals surface area contributed by atoms with Crippen molar-refractivity contribution in [2.24, 2.45) is 21.7 Å². The third-order valence-electron chi connectivity index (χ3n) is 5.24. The molecular formula is C25H22N8O3. The second-order valence-corrected chi connectivity index (χ2v) is 7.76. The number of nitrogens with two attached hydrogens (primary N) is 2. The molecule has 0 saturated heterocycles. The van der Waals surface area contributed by atoms with Crippen LogP contribution in [0.3, 0.4) is 0 Å². The summed E-state index contributed by atoms with van der Waals surface area (Å²) in [6, 6.07) is 20.2. The Labute approximate surface area is 205 Å². The van der Waals surface area contributed by atoms with Crippen LogP contribution in [0.15, 0.2) is 89.2 Å². The average Bonchev–Trinajstić information content (AvgIpc) is 2.88. The predicted octanol–water partition coefficient (Wildman–Crippen LogP) is 4.14. The van der Waals surface area contributed by atoms with Gasteiger partial charge in [0, 0.05) is 46.3 Å². The molecule has 0 saturated carbocycles. The number of nitro benzene ring substituents is 1. The number of benzene rings is 3. The lowest BCUT2D eigenvalue weighted by atomic mass is 10.1. The number of rotatable bonds is 7. The highest BCUT2D eigenvalue weighted by Crippen LogP contribution is 2.28. The van der Waals surface area contributed by atoms with Crippen LogP contribution in [0.25, 0.3) is 10.9 Å². The number of hydrogen-bond donors (Lipinski definition) is 4. The van der Waals surface area contributed by atoms with Gasteiger partial charge in [0.25, 0.3) is 11.6 Å². The molecule has 3 aromatic carbocycles. The Kier molecular flexibility index (Phi) is 6.82. The van der Waals surface area contributed by atoms with Gasteiger partial charge in [-0.2, -0.15) is 5.10 Å². The Morgan fingerprint density at radius 3 is 2.25 bits per heavy atom. The van der Waals surface area contributed by atoms with E-state index in [4.69, 9.17) is 11.5 Å². The van der Waals surface area contributed by atoms with Crippen molar-refractivity contribution in [1.29, 1.82) is 0 Å².